The van der Waals surface area contributed by atoms with E-state index in [1.165, 1.54) is 12.8 Å². The van der Waals surface area contributed by atoms with Crippen LogP contribution in [0.1, 0.15) is 29.6 Å². The Bertz CT molecular complexity index is 518. The standard InChI is InChI=1S/C13H16FN3O3/c14-9-2-5-12(17(19)20)11(8-9)13(18)16-7-1-6-15-10-3-4-10/h2,5,8,10,15H,1,3-4,6-7H2,(H,16,18). The summed E-state index contributed by atoms with van der Waals surface area (Å²) in [6.07, 6.45) is 3.12. The van der Waals surface area contributed by atoms with Crippen molar-refractivity contribution in [2.75, 3.05) is 13.1 Å². The van der Waals surface area contributed by atoms with Crippen LogP contribution in [0.25, 0.3) is 0 Å². The van der Waals surface area contributed by atoms with Crippen LogP contribution < -0.4 is 10.6 Å². The highest BCUT2D eigenvalue weighted by Gasteiger charge is 2.21. The van der Waals surface area contributed by atoms with Crippen LogP contribution in [0.2, 0.25) is 0 Å². The Balaban J connectivity index is 1.87. The van der Waals surface area contributed by atoms with Crippen molar-refractivity contribution in [3.05, 3.63) is 39.7 Å². The zero-order chi connectivity index (χ0) is 14.5. The fraction of sp³-hybridized carbons (Fsp3) is 0.462. The first-order chi connectivity index (χ1) is 9.58. The molecule has 0 atom stereocenters. The first-order valence-electron chi connectivity index (χ1n) is 6.53. The third kappa shape index (κ3) is 3.99. The van der Waals surface area contributed by atoms with Gasteiger partial charge in [-0.1, -0.05) is 0 Å². The number of hydrogen-bond acceptors (Lipinski definition) is 4. The number of nitro benzene ring substituents is 1. The van der Waals surface area contributed by atoms with E-state index in [0.29, 0.717) is 12.6 Å². The number of nitrogens with one attached hydrogen (secondary N) is 2. The molecule has 0 aliphatic heterocycles. The van der Waals surface area contributed by atoms with E-state index in [9.17, 15) is 19.3 Å². The van der Waals surface area contributed by atoms with Crippen LogP contribution in [0.3, 0.4) is 0 Å². The zero-order valence-corrected chi connectivity index (χ0v) is 10.9. The largest absolute Gasteiger partial charge is 0.352 e. The molecule has 108 valence electrons. The van der Waals surface area contributed by atoms with Crippen molar-refractivity contribution in [2.24, 2.45) is 0 Å². The Morgan fingerprint density at radius 3 is 2.80 bits per heavy atom. The van der Waals surface area contributed by atoms with E-state index in [-0.39, 0.29) is 11.3 Å². The van der Waals surface area contributed by atoms with E-state index in [1.807, 2.05) is 0 Å². The summed E-state index contributed by atoms with van der Waals surface area (Å²) < 4.78 is 13.1. The van der Waals surface area contributed by atoms with Crippen LogP contribution in [0.15, 0.2) is 18.2 Å². The molecule has 1 aromatic rings. The van der Waals surface area contributed by atoms with Crippen LogP contribution >= 0.6 is 0 Å². The number of nitro groups is 1. The first kappa shape index (κ1) is 14.4. The highest BCUT2D eigenvalue weighted by Crippen LogP contribution is 2.19. The monoisotopic (exact) mass is 281 g/mol. The van der Waals surface area contributed by atoms with Crippen molar-refractivity contribution in [1.29, 1.82) is 0 Å². The molecule has 1 saturated carbocycles. The number of nitrogens with zero attached hydrogens (tertiary/aromatic N) is 1. The lowest BCUT2D eigenvalue weighted by atomic mass is 10.1. The number of halogens is 1. The Kier molecular flexibility index (Phi) is 4.62. The van der Waals surface area contributed by atoms with Gasteiger partial charge in [0.2, 0.25) is 0 Å². The highest BCUT2D eigenvalue weighted by atomic mass is 19.1. The second-order valence-corrected chi connectivity index (χ2v) is 4.76. The lowest BCUT2D eigenvalue weighted by molar-refractivity contribution is -0.385. The molecule has 2 N–H and O–H groups in total. The van der Waals surface area contributed by atoms with Gasteiger partial charge in [0.15, 0.2) is 0 Å². The minimum Gasteiger partial charge on any atom is -0.352 e. The summed E-state index contributed by atoms with van der Waals surface area (Å²) in [7, 11) is 0. The maximum atomic E-state index is 13.1. The van der Waals surface area contributed by atoms with E-state index in [1.54, 1.807) is 0 Å². The molecular weight excluding hydrogens is 265 g/mol. The predicted octanol–water partition coefficient (Wildman–Crippen LogP) is 1.61. The normalized spacial score (nSPS) is 14.1. The van der Waals surface area contributed by atoms with Crippen molar-refractivity contribution >= 4 is 11.6 Å². The van der Waals surface area contributed by atoms with Crippen molar-refractivity contribution < 1.29 is 14.1 Å². The minimum absolute atomic E-state index is 0.245. The number of benzene rings is 1. The van der Waals surface area contributed by atoms with Gasteiger partial charge in [-0.3, -0.25) is 14.9 Å². The molecular formula is C13H16FN3O3. The summed E-state index contributed by atoms with van der Waals surface area (Å²) in [6.45, 7) is 1.18. The van der Waals surface area contributed by atoms with E-state index < -0.39 is 16.6 Å². The molecule has 2 rings (SSSR count). The number of hydrogen-bond donors (Lipinski definition) is 2. The Hall–Kier alpha value is -2.02. The van der Waals surface area contributed by atoms with Gasteiger partial charge < -0.3 is 10.6 Å². The smallest absolute Gasteiger partial charge is 0.282 e. The van der Waals surface area contributed by atoms with Crippen LogP contribution in [-0.2, 0) is 0 Å². The molecule has 6 nitrogen and oxygen atoms in total. The van der Waals surface area contributed by atoms with Gasteiger partial charge in [0.05, 0.1) is 4.92 Å². The van der Waals surface area contributed by atoms with Gasteiger partial charge in [-0.25, -0.2) is 4.39 Å². The van der Waals surface area contributed by atoms with Crippen molar-refractivity contribution in [3.63, 3.8) is 0 Å². The first-order valence-corrected chi connectivity index (χ1v) is 6.53. The molecule has 0 radical (unpaired) electrons. The van der Waals surface area contributed by atoms with Crippen LogP contribution in [0.4, 0.5) is 10.1 Å². The van der Waals surface area contributed by atoms with E-state index in [2.05, 4.69) is 10.6 Å². The Morgan fingerprint density at radius 2 is 2.15 bits per heavy atom. The second-order valence-electron chi connectivity index (χ2n) is 4.76. The van der Waals surface area contributed by atoms with Crippen molar-refractivity contribution in [1.82, 2.24) is 10.6 Å². The summed E-state index contributed by atoms with van der Waals surface area (Å²) in [5.41, 5.74) is -0.634. The maximum Gasteiger partial charge on any atom is 0.282 e. The molecule has 0 spiro atoms. The van der Waals surface area contributed by atoms with E-state index in [0.717, 1.165) is 31.2 Å². The van der Waals surface area contributed by atoms with Crippen LogP contribution in [0.5, 0.6) is 0 Å². The lowest BCUT2D eigenvalue weighted by Crippen LogP contribution is -2.28. The minimum atomic E-state index is -0.691. The zero-order valence-electron chi connectivity index (χ0n) is 10.9. The molecule has 7 heteroatoms. The molecule has 1 aliphatic carbocycles. The molecule has 1 aromatic carbocycles. The van der Waals surface area contributed by atoms with Gasteiger partial charge in [0.1, 0.15) is 11.4 Å². The van der Waals surface area contributed by atoms with Gasteiger partial charge in [0.25, 0.3) is 11.6 Å². The molecule has 0 saturated heterocycles. The average Bonchev–Trinajstić information content (AvgIpc) is 3.21. The summed E-state index contributed by atoms with van der Waals surface area (Å²) in [5.74, 6) is -1.29. The molecule has 0 bridgehead atoms. The molecule has 0 unspecified atom stereocenters. The van der Waals surface area contributed by atoms with Gasteiger partial charge in [-0.2, -0.15) is 0 Å². The Labute approximate surface area is 115 Å². The average molecular weight is 281 g/mol. The number of rotatable bonds is 7. The maximum absolute atomic E-state index is 13.1. The number of carbonyl (C=O) groups excluding carboxylic acids is 1. The van der Waals surface area contributed by atoms with Gasteiger partial charge >= 0.3 is 0 Å². The molecule has 1 fully saturated rings. The third-order valence-electron chi connectivity index (χ3n) is 3.05. The third-order valence-corrected chi connectivity index (χ3v) is 3.05. The lowest BCUT2D eigenvalue weighted by Gasteiger charge is -2.06. The number of amides is 1. The Morgan fingerprint density at radius 1 is 1.40 bits per heavy atom. The van der Waals surface area contributed by atoms with Crippen LogP contribution in [0, 0.1) is 15.9 Å². The fourth-order valence-corrected chi connectivity index (χ4v) is 1.83. The topological polar surface area (TPSA) is 84.3 Å². The molecule has 20 heavy (non-hydrogen) atoms. The van der Waals surface area contributed by atoms with E-state index in [4.69, 9.17) is 0 Å². The summed E-state index contributed by atoms with van der Waals surface area (Å²) >= 11 is 0. The molecule has 1 amide bonds. The molecule has 0 heterocycles. The van der Waals surface area contributed by atoms with E-state index >= 15 is 0 Å². The van der Waals surface area contributed by atoms with Crippen molar-refractivity contribution in [3.8, 4) is 0 Å². The summed E-state index contributed by atoms with van der Waals surface area (Å²) in [6, 6.07) is 3.46. The van der Waals surface area contributed by atoms with Gasteiger partial charge in [-0.05, 0) is 37.9 Å². The quantitative estimate of drug-likeness (QED) is 0.452. The highest BCUT2D eigenvalue weighted by molar-refractivity contribution is 5.98. The molecule has 0 aromatic heterocycles. The van der Waals surface area contributed by atoms with Gasteiger partial charge in [0, 0.05) is 18.7 Å². The second kappa shape index (κ2) is 6.42. The fourth-order valence-electron chi connectivity index (χ4n) is 1.83. The SMILES string of the molecule is O=C(NCCCNC1CC1)c1cc(F)ccc1[N+](=O)[O-]. The van der Waals surface area contributed by atoms with Gasteiger partial charge in [-0.15, -0.1) is 0 Å². The van der Waals surface area contributed by atoms with Crippen LogP contribution in [-0.4, -0.2) is 30.0 Å². The van der Waals surface area contributed by atoms with Crippen molar-refractivity contribution in [2.45, 2.75) is 25.3 Å². The predicted molar refractivity (Wildman–Crippen MR) is 71.0 cm³/mol. The summed E-state index contributed by atoms with van der Waals surface area (Å²) in [4.78, 5) is 21.9. The summed E-state index contributed by atoms with van der Waals surface area (Å²) in [5, 5.41) is 16.6. The number of carbonyl (C=O) groups is 1. The molecule has 1 aliphatic rings.